The van der Waals surface area contributed by atoms with Crippen LogP contribution in [0, 0.1) is 5.92 Å². The number of nitrogens with one attached hydrogen (secondary N) is 1. The summed E-state index contributed by atoms with van der Waals surface area (Å²) in [6, 6.07) is 7.87. The first-order valence-corrected chi connectivity index (χ1v) is 8.33. The largest absolute Gasteiger partial charge is 0.481 e. The van der Waals surface area contributed by atoms with Crippen molar-refractivity contribution in [1.82, 2.24) is 10.2 Å². The Hall–Kier alpha value is -2.08. The second-order valence-electron chi connectivity index (χ2n) is 6.38. The number of amides is 2. The molecule has 0 fully saturated rings. The minimum atomic E-state index is -0.913. The van der Waals surface area contributed by atoms with E-state index in [0.717, 1.165) is 18.4 Å². The smallest absolute Gasteiger partial charge is 0.317 e. The third-order valence-corrected chi connectivity index (χ3v) is 4.67. The van der Waals surface area contributed by atoms with E-state index in [1.165, 1.54) is 10.5 Å². The van der Waals surface area contributed by atoms with Crippen molar-refractivity contribution in [1.29, 1.82) is 0 Å². The van der Waals surface area contributed by atoms with E-state index >= 15 is 0 Å². The Morgan fingerprint density at radius 3 is 2.79 bits per heavy atom. The molecule has 0 spiro atoms. The molecule has 1 aromatic rings. The van der Waals surface area contributed by atoms with Crippen LogP contribution in [-0.4, -0.2) is 48.8 Å². The van der Waals surface area contributed by atoms with Crippen molar-refractivity contribution in [2.75, 3.05) is 26.7 Å². The van der Waals surface area contributed by atoms with E-state index in [1.54, 1.807) is 14.0 Å². The number of aliphatic carboxylic acids is 1. The number of carboxylic acids is 1. The summed E-state index contributed by atoms with van der Waals surface area (Å²) in [5, 5.41) is 11.9. The third kappa shape index (κ3) is 3.87. The normalized spacial score (nSPS) is 20.8. The molecule has 0 aromatic heterocycles. The van der Waals surface area contributed by atoms with E-state index in [1.807, 2.05) is 19.1 Å². The molecule has 2 amide bonds. The van der Waals surface area contributed by atoms with Crippen LogP contribution in [0.5, 0.6) is 0 Å². The molecule has 1 aliphatic rings. The van der Waals surface area contributed by atoms with Gasteiger partial charge in [0.25, 0.3) is 0 Å². The summed E-state index contributed by atoms with van der Waals surface area (Å²) in [6.07, 6.45) is 1.63. The number of rotatable bonds is 6. The van der Waals surface area contributed by atoms with Crippen molar-refractivity contribution < 1.29 is 19.4 Å². The summed E-state index contributed by atoms with van der Waals surface area (Å²) in [6.45, 7) is 4.79. The summed E-state index contributed by atoms with van der Waals surface area (Å²) >= 11 is 0. The lowest BCUT2D eigenvalue weighted by Crippen LogP contribution is -2.49. The van der Waals surface area contributed by atoms with E-state index < -0.39 is 17.5 Å². The van der Waals surface area contributed by atoms with Crippen LogP contribution < -0.4 is 5.32 Å². The van der Waals surface area contributed by atoms with Crippen LogP contribution in [0.15, 0.2) is 24.3 Å². The van der Waals surface area contributed by atoms with E-state index in [-0.39, 0.29) is 12.6 Å². The summed E-state index contributed by atoms with van der Waals surface area (Å²) in [7, 11) is 1.60. The van der Waals surface area contributed by atoms with Gasteiger partial charge in [-0.15, -0.1) is 0 Å². The molecule has 2 N–H and O–H groups in total. The maximum Gasteiger partial charge on any atom is 0.317 e. The molecule has 0 saturated carbocycles. The molecule has 1 aliphatic heterocycles. The van der Waals surface area contributed by atoms with E-state index in [0.29, 0.717) is 13.2 Å². The van der Waals surface area contributed by atoms with E-state index in [4.69, 9.17) is 9.84 Å². The van der Waals surface area contributed by atoms with Gasteiger partial charge in [0, 0.05) is 13.6 Å². The van der Waals surface area contributed by atoms with Crippen LogP contribution in [0.4, 0.5) is 4.79 Å². The minimum absolute atomic E-state index is 0.164. The predicted molar refractivity (Wildman–Crippen MR) is 90.9 cm³/mol. The SMILES string of the molecule is CCC1(CNC(=O)N(C)CC(C)C(=O)O)OCCc2ccccc21. The number of hydrogen-bond donors (Lipinski definition) is 2. The molecule has 6 heteroatoms. The van der Waals surface area contributed by atoms with Crippen LogP contribution >= 0.6 is 0 Å². The number of benzene rings is 1. The molecular formula is C18H26N2O4. The fourth-order valence-corrected chi connectivity index (χ4v) is 3.11. The zero-order chi connectivity index (χ0) is 17.7. The average molecular weight is 334 g/mol. The number of ether oxygens (including phenoxy) is 1. The average Bonchev–Trinajstić information content (AvgIpc) is 2.59. The van der Waals surface area contributed by atoms with Crippen molar-refractivity contribution in [3.63, 3.8) is 0 Å². The Bertz CT molecular complexity index is 604. The lowest BCUT2D eigenvalue weighted by atomic mass is 9.84. The number of carbonyl (C=O) groups excluding carboxylic acids is 1. The molecule has 0 bridgehead atoms. The van der Waals surface area contributed by atoms with Gasteiger partial charge >= 0.3 is 12.0 Å². The van der Waals surface area contributed by atoms with Gasteiger partial charge in [-0.2, -0.15) is 0 Å². The maximum absolute atomic E-state index is 12.3. The quantitative estimate of drug-likeness (QED) is 0.836. The summed E-state index contributed by atoms with van der Waals surface area (Å²) < 4.78 is 6.06. The lowest BCUT2D eigenvalue weighted by molar-refractivity contribution is -0.141. The van der Waals surface area contributed by atoms with Crippen molar-refractivity contribution in [3.05, 3.63) is 35.4 Å². The highest BCUT2D eigenvalue weighted by molar-refractivity contribution is 5.75. The summed E-state index contributed by atoms with van der Waals surface area (Å²) in [5.41, 5.74) is 1.86. The van der Waals surface area contributed by atoms with Crippen molar-refractivity contribution in [2.24, 2.45) is 5.92 Å². The number of urea groups is 1. The highest BCUT2D eigenvalue weighted by Crippen LogP contribution is 2.35. The minimum Gasteiger partial charge on any atom is -0.481 e. The second kappa shape index (κ2) is 7.66. The standard InChI is InChI=1S/C18H26N2O4/c1-4-18(15-8-6-5-7-14(15)9-10-24-18)12-19-17(23)20(3)11-13(2)16(21)22/h5-8,13H,4,9-12H2,1-3H3,(H,19,23)(H,21,22). The molecule has 2 atom stereocenters. The molecule has 0 aliphatic carbocycles. The van der Waals surface area contributed by atoms with Gasteiger partial charge in [-0.05, 0) is 24.0 Å². The van der Waals surface area contributed by atoms with Gasteiger partial charge in [-0.25, -0.2) is 4.79 Å². The van der Waals surface area contributed by atoms with Gasteiger partial charge in [0.2, 0.25) is 0 Å². The summed E-state index contributed by atoms with van der Waals surface area (Å²) in [5.74, 6) is -1.52. The highest BCUT2D eigenvalue weighted by Gasteiger charge is 2.36. The van der Waals surface area contributed by atoms with Crippen molar-refractivity contribution in [2.45, 2.75) is 32.3 Å². The Balaban J connectivity index is 2.04. The zero-order valence-electron chi connectivity index (χ0n) is 14.5. The number of fused-ring (bicyclic) bond motifs is 1. The van der Waals surface area contributed by atoms with E-state index in [2.05, 4.69) is 17.4 Å². The molecule has 1 aromatic carbocycles. The fourth-order valence-electron chi connectivity index (χ4n) is 3.11. The van der Waals surface area contributed by atoms with Gasteiger partial charge in [0.1, 0.15) is 5.60 Å². The van der Waals surface area contributed by atoms with Gasteiger partial charge in [0.15, 0.2) is 0 Å². The topological polar surface area (TPSA) is 78.9 Å². The van der Waals surface area contributed by atoms with Crippen LogP contribution in [0.2, 0.25) is 0 Å². The highest BCUT2D eigenvalue weighted by atomic mass is 16.5. The van der Waals surface area contributed by atoms with E-state index in [9.17, 15) is 9.59 Å². The van der Waals surface area contributed by atoms with Crippen molar-refractivity contribution >= 4 is 12.0 Å². The van der Waals surface area contributed by atoms with Gasteiger partial charge < -0.3 is 20.1 Å². The molecule has 0 saturated heterocycles. The monoisotopic (exact) mass is 334 g/mol. The second-order valence-corrected chi connectivity index (χ2v) is 6.38. The third-order valence-electron chi connectivity index (χ3n) is 4.67. The first kappa shape index (κ1) is 18.3. The zero-order valence-corrected chi connectivity index (χ0v) is 14.5. The maximum atomic E-state index is 12.3. The first-order chi connectivity index (χ1) is 11.4. The van der Waals surface area contributed by atoms with Crippen LogP contribution in [0.1, 0.15) is 31.4 Å². The van der Waals surface area contributed by atoms with Gasteiger partial charge in [-0.1, -0.05) is 38.1 Å². The van der Waals surface area contributed by atoms with Gasteiger partial charge in [-0.3, -0.25) is 4.79 Å². The summed E-state index contributed by atoms with van der Waals surface area (Å²) in [4.78, 5) is 24.6. The first-order valence-electron chi connectivity index (χ1n) is 8.33. The molecule has 6 nitrogen and oxygen atoms in total. The Labute approximate surface area is 142 Å². The molecule has 2 rings (SSSR count). The molecule has 132 valence electrons. The fraction of sp³-hybridized carbons (Fsp3) is 0.556. The van der Waals surface area contributed by atoms with Crippen LogP contribution in [0.3, 0.4) is 0 Å². The van der Waals surface area contributed by atoms with Gasteiger partial charge in [0.05, 0.1) is 19.1 Å². The number of hydrogen-bond acceptors (Lipinski definition) is 3. The Morgan fingerprint density at radius 1 is 1.42 bits per heavy atom. The predicted octanol–water partition coefficient (Wildman–Crippen LogP) is 2.23. The lowest BCUT2D eigenvalue weighted by Gasteiger charge is -2.39. The van der Waals surface area contributed by atoms with Crippen molar-refractivity contribution in [3.8, 4) is 0 Å². The molecule has 0 radical (unpaired) electrons. The number of carboxylic acid groups (broad SMARTS) is 1. The van der Waals surface area contributed by atoms with Crippen LogP contribution in [-0.2, 0) is 21.6 Å². The number of carbonyl (C=O) groups is 2. The molecule has 2 unspecified atom stereocenters. The molecule has 24 heavy (non-hydrogen) atoms. The Morgan fingerprint density at radius 2 is 2.12 bits per heavy atom. The molecule has 1 heterocycles. The number of nitrogens with zero attached hydrogens (tertiary/aromatic N) is 1. The van der Waals surface area contributed by atoms with Crippen LogP contribution in [0.25, 0.3) is 0 Å². The molecular weight excluding hydrogens is 308 g/mol. The Kier molecular flexibility index (Phi) is 5.83.